The third-order valence-corrected chi connectivity index (χ3v) is 3.59. The summed E-state index contributed by atoms with van der Waals surface area (Å²) in [5, 5.41) is 24.5. The molecule has 0 radical (unpaired) electrons. The van der Waals surface area contributed by atoms with Gasteiger partial charge in [0.1, 0.15) is 24.0 Å². The zero-order valence-electron chi connectivity index (χ0n) is 13.1. The fraction of sp³-hybridized carbons (Fsp3) is 0.400. The van der Waals surface area contributed by atoms with Gasteiger partial charge in [0.25, 0.3) is 0 Å². The molecule has 1 aromatic heterocycles. The highest BCUT2D eigenvalue weighted by Crippen LogP contribution is 2.15. The van der Waals surface area contributed by atoms with Crippen molar-refractivity contribution in [3.05, 3.63) is 57.9 Å². The fourth-order valence-corrected chi connectivity index (χ4v) is 2.33. The number of rotatable bonds is 8. The summed E-state index contributed by atoms with van der Waals surface area (Å²) in [6.45, 7) is 2.50. The predicted octanol–water partition coefficient (Wildman–Crippen LogP) is 1.95. The van der Waals surface area contributed by atoms with Crippen molar-refractivity contribution >= 4 is 5.69 Å². The Bertz CT molecular complexity index is 688. The summed E-state index contributed by atoms with van der Waals surface area (Å²) in [6, 6.07) is 3.67. The lowest BCUT2D eigenvalue weighted by Crippen LogP contribution is -2.35. The first-order valence-corrected chi connectivity index (χ1v) is 7.40. The zero-order valence-corrected chi connectivity index (χ0v) is 13.1. The van der Waals surface area contributed by atoms with Gasteiger partial charge in [-0.15, -0.1) is 0 Å². The maximum atomic E-state index is 13.7. The summed E-state index contributed by atoms with van der Waals surface area (Å²) in [7, 11) is 0. The van der Waals surface area contributed by atoms with Crippen molar-refractivity contribution in [1.82, 2.24) is 14.7 Å². The zero-order chi connectivity index (χ0) is 17.7. The maximum Gasteiger partial charge on any atom is 0.306 e. The highest BCUT2D eigenvalue weighted by molar-refractivity contribution is 5.21. The van der Waals surface area contributed by atoms with E-state index >= 15 is 0 Å². The average molecular weight is 340 g/mol. The number of likely N-dealkylation sites (N-methyl/N-ethyl adjacent to an activating group) is 1. The average Bonchev–Trinajstić information content (AvgIpc) is 2.98. The number of aliphatic hydroxyl groups is 1. The molecule has 0 bridgehead atoms. The van der Waals surface area contributed by atoms with Gasteiger partial charge < -0.3 is 5.11 Å². The summed E-state index contributed by atoms with van der Waals surface area (Å²) < 4.78 is 28.7. The van der Waals surface area contributed by atoms with Crippen LogP contribution in [0.15, 0.2) is 30.6 Å². The summed E-state index contributed by atoms with van der Waals surface area (Å²) in [6.07, 6.45) is 1.43. The fourth-order valence-electron chi connectivity index (χ4n) is 2.33. The Kier molecular flexibility index (Phi) is 5.93. The molecule has 0 amide bonds. The van der Waals surface area contributed by atoms with Crippen LogP contribution in [0.3, 0.4) is 0 Å². The number of aliphatic hydroxyl groups excluding tert-OH is 1. The SMILES string of the molecule is CCN(Cc1c(F)cccc1F)CC(O)Cn1cc([N+](=O)[O-])cn1. The van der Waals surface area contributed by atoms with Crippen LogP contribution in [0, 0.1) is 21.7 Å². The molecule has 1 unspecified atom stereocenters. The minimum Gasteiger partial charge on any atom is -0.390 e. The molecule has 130 valence electrons. The minimum absolute atomic E-state index is 0.0192. The van der Waals surface area contributed by atoms with Crippen LogP contribution in [0.5, 0.6) is 0 Å². The van der Waals surface area contributed by atoms with E-state index in [0.29, 0.717) is 6.54 Å². The number of hydrogen-bond acceptors (Lipinski definition) is 5. The van der Waals surface area contributed by atoms with E-state index in [-0.39, 0.29) is 30.9 Å². The van der Waals surface area contributed by atoms with Crippen LogP contribution in [0.25, 0.3) is 0 Å². The van der Waals surface area contributed by atoms with E-state index in [1.165, 1.54) is 29.1 Å². The molecule has 0 fully saturated rings. The molecule has 24 heavy (non-hydrogen) atoms. The van der Waals surface area contributed by atoms with Gasteiger partial charge in [-0.2, -0.15) is 5.10 Å². The first-order valence-electron chi connectivity index (χ1n) is 7.40. The quantitative estimate of drug-likeness (QED) is 0.586. The van der Waals surface area contributed by atoms with Gasteiger partial charge in [0.15, 0.2) is 0 Å². The van der Waals surface area contributed by atoms with Crippen LogP contribution in [0.2, 0.25) is 0 Å². The van der Waals surface area contributed by atoms with Gasteiger partial charge in [-0.25, -0.2) is 8.78 Å². The van der Waals surface area contributed by atoms with Crippen LogP contribution in [-0.2, 0) is 13.1 Å². The smallest absolute Gasteiger partial charge is 0.306 e. The summed E-state index contributed by atoms with van der Waals surface area (Å²) in [4.78, 5) is 11.7. The van der Waals surface area contributed by atoms with E-state index in [1.807, 2.05) is 6.92 Å². The number of aromatic nitrogens is 2. The number of benzene rings is 1. The Morgan fingerprint density at radius 3 is 2.62 bits per heavy atom. The molecule has 0 aliphatic carbocycles. The lowest BCUT2D eigenvalue weighted by molar-refractivity contribution is -0.385. The van der Waals surface area contributed by atoms with Gasteiger partial charge >= 0.3 is 5.69 Å². The summed E-state index contributed by atoms with van der Waals surface area (Å²) in [5.41, 5.74) is -0.218. The van der Waals surface area contributed by atoms with Crippen LogP contribution < -0.4 is 0 Å². The topological polar surface area (TPSA) is 84.4 Å². The minimum atomic E-state index is -0.890. The predicted molar refractivity (Wildman–Crippen MR) is 82.2 cm³/mol. The van der Waals surface area contributed by atoms with Crippen molar-refractivity contribution in [2.24, 2.45) is 0 Å². The third-order valence-electron chi connectivity index (χ3n) is 3.59. The van der Waals surface area contributed by atoms with Crippen molar-refractivity contribution in [3.8, 4) is 0 Å². The van der Waals surface area contributed by atoms with E-state index in [4.69, 9.17) is 0 Å². The van der Waals surface area contributed by atoms with Crippen molar-refractivity contribution in [2.45, 2.75) is 26.1 Å². The number of nitro groups is 1. The second kappa shape index (κ2) is 7.93. The number of hydrogen-bond donors (Lipinski definition) is 1. The highest BCUT2D eigenvalue weighted by Gasteiger charge is 2.17. The molecule has 1 N–H and O–H groups in total. The molecule has 1 aromatic carbocycles. The van der Waals surface area contributed by atoms with Gasteiger partial charge in [-0.1, -0.05) is 13.0 Å². The maximum absolute atomic E-state index is 13.7. The first kappa shape index (κ1) is 18.0. The standard InChI is InChI=1S/C15H18F2N4O3/c1-2-19(10-13-14(16)4-3-5-15(13)17)8-12(22)9-20-7-11(6-18-20)21(23)24/h3-7,12,22H,2,8-10H2,1H3. The molecular weight excluding hydrogens is 322 g/mol. The molecule has 0 saturated heterocycles. The Balaban J connectivity index is 1.97. The molecule has 0 spiro atoms. The molecule has 9 heteroatoms. The Hall–Kier alpha value is -2.39. The van der Waals surface area contributed by atoms with Crippen molar-refractivity contribution < 1.29 is 18.8 Å². The number of halogens is 2. The van der Waals surface area contributed by atoms with Crippen LogP contribution in [0.1, 0.15) is 12.5 Å². The van der Waals surface area contributed by atoms with Crippen molar-refractivity contribution in [1.29, 1.82) is 0 Å². The van der Waals surface area contributed by atoms with Gasteiger partial charge in [-0.05, 0) is 18.7 Å². The Morgan fingerprint density at radius 1 is 1.42 bits per heavy atom. The molecule has 1 atom stereocenters. The van der Waals surface area contributed by atoms with Gasteiger partial charge in [-0.3, -0.25) is 19.7 Å². The van der Waals surface area contributed by atoms with E-state index in [9.17, 15) is 24.0 Å². The molecular formula is C15H18F2N4O3. The van der Waals surface area contributed by atoms with Crippen LogP contribution in [0.4, 0.5) is 14.5 Å². The van der Waals surface area contributed by atoms with E-state index in [0.717, 1.165) is 6.20 Å². The molecule has 2 rings (SSSR count). The van der Waals surface area contributed by atoms with Gasteiger partial charge in [0.2, 0.25) is 0 Å². The van der Waals surface area contributed by atoms with Gasteiger partial charge in [0.05, 0.1) is 17.6 Å². The molecule has 0 aliphatic heterocycles. The Labute approximate surface area is 137 Å². The molecule has 7 nitrogen and oxygen atoms in total. The van der Waals surface area contributed by atoms with E-state index in [2.05, 4.69) is 5.10 Å². The molecule has 1 heterocycles. The van der Waals surface area contributed by atoms with E-state index in [1.54, 1.807) is 4.90 Å². The Morgan fingerprint density at radius 2 is 2.08 bits per heavy atom. The van der Waals surface area contributed by atoms with E-state index < -0.39 is 22.7 Å². The molecule has 0 aliphatic rings. The largest absolute Gasteiger partial charge is 0.390 e. The second-order valence-electron chi connectivity index (χ2n) is 5.36. The third kappa shape index (κ3) is 4.56. The molecule has 2 aromatic rings. The lowest BCUT2D eigenvalue weighted by Gasteiger charge is -2.24. The lowest BCUT2D eigenvalue weighted by atomic mass is 10.1. The monoisotopic (exact) mass is 340 g/mol. The number of nitrogens with zero attached hydrogens (tertiary/aromatic N) is 4. The van der Waals surface area contributed by atoms with Crippen LogP contribution >= 0.6 is 0 Å². The highest BCUT2D eigenvalue weighted by atomic mass is 19.1. The molecule has 0 saturated carbocycles. The first-order chi connectivity index (χ1) is 11.4. The van der Waals surface area contributed by atoms with Crippen LogP contribution in [-0.4, -0.2) is 43.9 Å². The normalized spacial score (nSPS) is 12.5. The summed E-state index contributed by atoms with van der Waals surface area (Å²) in [5.74, 6) is -1.27. The summed E-state index contributed by atoms with van der Waals surface area (Å²) >= 11 is 0. The van der Waals surface area contributed by atoms with Crippen molar-refractivity contribution in [3.63, 3.8) is 0 Å². The second-order valence-corrected chi connectivity index (χ2v) is 5.36. The van der Waals surface area contributed by atoms with Crippen molar-refractivity contribution in [2.75, 3.05) is 13.1 Å². The van der Waals surface area contributed by atoms with Gasteiger partial charge in [0, 0.05) is 18.7 Å².